The third-order valence-corrected chi connectivity index (χ3v) is 3.01. The van der Waals surface area contributed by atoms with Gasteiger partial charge in [-0.2, -0.15) is 0 Å². The molecule has 1 fully saturated rings. The third-order valence-electron chi connectivity index (χ3n) is 3.01. The van der Waals surface area contributed by atoms with Gasteiger partial charge in [0.1, 0.15) is 0 Å². The number of hydrogen-bond donors (Lipinski definition) is 1. The quantitative estimate of drug-likeness (QED) is 0.866. The molecule has 0 unspecified atom stereocenters. The van der Waals surface area contributed by atoms with Crippen molar-refractivity contribution < 1.29 is 4.74 Å². The Kier molecular flexibility index (Phi) is 2.80. The van der Waals surface area contributed by atoms with Gasteiger partial charge < -0.3 is 10.1 Å². The van der Waals surface area contributed by atoms with Gasteiger partial charge in [0.25, 0.3) is 0 Å². The van der Waals surface area contributed by atoms with E-state index in [1.807, 2.05) is 6.07 Å². The lowest BCUT2D eigenvalue weighted by Crippen LogP contribution is -2.40. The number of rotatable bonds is 3. The molecule has 3 rings (SSSR count). The highest BCUT2D eigenvalue weighted by atomic mass is 16.5. The van der Waals surface area contributed by atoms with Crippen LogP contribution in [0.4, 0.5) is 5.69 Å². The molecule has 0 saturated carbocycles. The van der Waals surface area contributed by atoms with Crippen LogP contribution < -0.4 is 5.32 Å². The molecule has 2 heteroatoms. The SMILES string of the molecule is c1ccc(-c2ccccc2NC2COC2)cc1. The van der Waals surface area contributed by atoms with Gasteiger partial charge in [-0.25, -0.2) is 0 Å². The summed E-state index contributed by atoms with van der Waals surface area (Å²) in [5, 5.41) is 3.52. The monoisotopic (exact) mass is 225 g/mol. The van der Waals surface area contributed by atoms with E-state index in [2.05, 4.69) is 53.8 Å². The van der Waals surface area contributed by atoms with Crippen molar-refractivity contribution >= 4 is 5.69 Å². The maximum absolute atomic E-state index is 5.19. The van der Waals surface area contributed by atoms with E-state index in [4.69, 9.17) is 4.74 Å². The lowest BCUT2D eigenvalue weighted by molar-refractivity contribution is 0.0211. The fourth-order valence-corrected chi connectivity index (χ4v) is 2.02. The normalized spacial score (nSPS) is 15.3. The summed E-state index contributed by atoms with van der Waals surface area (Å²) < 4.78 is 5.19. The number of benzene rings is 2. The van der Waals surface area contributed by atoms with Crippen molar-refractivity contribution in [3.8, 4) is 11.1 Å². The van der Waals surface area contributed by atoms with Crippen LogP contribution >= 0.6 is 0 Å². The average molecular weight is 225 g/mol. The van der Waals surface area contributed by atoms with Gasteiger partial charge in [0.2, 0.25) is 0 Å². The predicted molar refractivity (Wildman–Crippen MR) is 70.1 cm³/mol. The van der Waals surface area contributed by atoms with E-state index < -0.39 is 0 Å². The van der Waals surface area contributed by atoms with Gasteiger partial charge >= 0.3 is 0 Å². The van der Waals surface area contributed by atoms with Gasteiger partial charge in [0, 0.05) is 11.3 Å². The van der Waals surface area contributed by atoms with Crippen molar-refractivity contribution in [2.45, 2.75) is 6.04 Å². The van der Waals surface area contributed by atoms with Gasteiger partial charge in [-0.05, 0) is 11.6 Å². The van der Waals surface area contributed by atoms with Gasteiger partial charge in [0.05, 0.1) is 19.3 Å². The maximum Gasteiger partial charge on any atom is 0.0728 e. The second-order valence-corrected chi connectivity index (χ2v) is 4.29. The largest absolute Gasteiger partial charge is 0.377 e. The van der Waals surface area contributed by atoms with E-state index in [1.54, 1.807) is 0 Å². The summed E-state index contributed by atoms with van der Waals surface area (Å²) in [5.74, 6) is 0. The molecule has 0 radical (unpaired) electrons. The van der Waals surface area contributed by atoms with E-state index >= 15 is 0 Å². The molecule has 1 aliphatic heterocycles. The van der Waals surface area contributed by atoms with Crippen LogP contribution in [0.15, 0.2) is 54.6 Å². The highest BCUT2D eigenvalue weighted by molar-refractivity contribution is 5.77. The van der Waals surface area contributed by atoms with Crippen LogP contribution in [0.2, 0.25) is 0 Å². The predicted octanol–water partition coefficient (Wildman–Crippen LogP) is 3.16. The molecule has 2 aromatic rings. The van der Waals surface area contributed by atoms with Crippen molar-refractivity contribution in [1.82, 2.24) is 0 Å². The number of anilines is 1. The molecule has 1 heterocycles. The second-order valence-electron chi connectivity index (χ2n) is 4.29. The Morgan fingerprint density at radius 1 is 0.882 bits per heavy atom. The van der Waals surface area contributed by atoms with Crippen LogP contribution in [0.1, 0.15) is 0 Å². The van der Waals surface area contributed by atoms with Gasteiger partial charge in [-0.1, -0.05) is 48.5 Å². The molecule has 0 amide bonds. The first-order valence-electron chi connectivity index (χ1n) is 5.92. The van der Waals surface area contributed by atoms with Gasteiger partial charge in [-0.3, -0.25) is 0 Å². The molecule has 1 N–H and O–H groups in total. The van der Waals surface area contributed by atoms with Crippen LogP contribution in [0.3, 0.4) is 0 Å². The van der Waals surface area contributed by atoms with E-state index in [0.29, 0.717) is 6.04 Å². The minimum atomic E-state index is 0.458. The van der Waals surface area contributed by atoms with Crippen LogP contribution in [-0.4, -0.2) is 19.3 Å². The first-order valence-corrected chi connectivity index (χ1v) is 5.92. The molecule has 0 aliphatic carbocycles. The molecule has 0 bridgehead atoms. The summed E-state index contributed by atoms with van der Waals surface area (Å²) in [7, 11) is 0. The van der Waals surface area contributed by atoms with Crippen LogP contribution in [0.5, 0.6) is 0 Å². The molecular weight excluding hydrogens is 210 g/mol. The van der Waals surface area contributed by atoms with Crippen molar-refractivity contribution in [1.29, 1.82) is 0 Å². The molecule has 2 nitrogen and oxygen atoms in total. The van der Waals surface area contributed by atoms with Gasteiger partial charge in [0.15, 0.2) is 0 Å². The minimum Gasteiger partial charge on any atom is -0.377 e. The van der Waals surface area contributed by atoms with Crippen molar-refractivity contribution in [2.75, 3.05) is 18.5 Å². The highest BCUT2D eigenvalue weighted by Gasteiger charge is 2.18. The Bertz CT molecular complexity index is 491. The molecule has 0 atom stereocenters. The Balaban J connectivity index is 1.92. The average Bonchev–Trinajstić information content (AvgIpc) is 2.35. The lowest BCUT2D eigenvalue weighted by atomic mass is 10.0. The van der Waals surface area contributed by atoms with Crippen LogP contribution in [0, 0.1) is 0 Å². The topological polar surface area (TPSA) is 21.3 Å². The zero-order valence-electron chi connectivity index (χ0n) is 9.60. The molecular formula is C15H15NO. The van der Waals surface area contributed by atoms with Crippen molar-refractivity contribution in [3.05, 3.63) is 54.6 Å². The molecule has 2 aromatic carbocycles. The Morgan fingerprint density at radius 2 is 1.59 bits per heavy atom. The first kappa shape index (κ1) is 10.4. The third kappa shape index (κ3) is 2.17. The van der Waals surface area contributed by atoms with Crippen molar-refractivity contribution in [2.24, 2.45) is 0 Å². The molecule has 86 valence electrons. The molecule has 1 aliphatic rings. The van der Waals surface area contributed by atoms with Gasteiger partial charge in [-0.15, -0.1) is 0 Å². The van der Waals surface area contributed by atoms with Crippen molar-refractivity contribution in [3.63, 3.8) is 0 Å². The molecule has 0 spiro atoms. The van der Waals surface area contributed by atoms with E-state index in [9.17, 15) is 0 Å². The summed E-state index contributed by atoms with van der Waals surface area (Å²) in [4.78, 5) is 0. The maximum atomic E-state index is 5.19. The number of hydrogen-bond acceptors (Lipinski definition) is 2. The fraction of sp³-hybridized carbons (Fsp3) is 0.200. The first-order chi connectivity index (χ1) is 8.43. The zero-order valence-corrected chi connectivity index (χ0v) is 9.60. The molecule has 0 aromatic heterocycles. The summed E-state index contributed by atoms with van der Waals surface area (Å²) in [6.45, 7) is 1.62. The smallest absolute Gasteiger partial charge is 0.0728 e. The molecule has 1 saturated heterocycles. The lowest BCUT2D eigenvalue weighted by Gasteiger charge is -2.28. The van der Waals surface area contributed by atoms with Crippen LogP contribution in [-0.2, 0) is 4.74 Å². The molecule has 17 heavy (non-hydrogen) atoms. The zero-order chi connectivity index (χ0) is 11.5. The van der Waals surface area contributed by atoms with E-state index in [-0.39, 0.29) is 0 Å². The number of para-hydroxylation sites is 1. The minimum absolute atomic E-state index is 0.458. The summed E-state index contributed by atoms with van der Waals surface area (Å²) in [6, 6.07) is 19.3. The summed E-state index contributed by atoms with van der Waals surface area (Å²) >= 11 is 0. The highest BCUT2D eigenvalue weighted by Crippen LogP contribution is 2.28. The number of ether oxygens (including phenoxy) is 1. The standard InChI is InChI=1S/C15H15NO/c1-2-6-12(7-3-1)14-8-4-5-9-15(14)16-13-10-17-11-13/h1-9,13,16H,10-11H2. The second kappa shape index (κ2) is 4.60. The fourth-order valence-electron chi connectivity index (χ4n) is 2.02. The van der Waals surface area contributed by atoms with Crippen LogP contribution in [0.25, 0.3) is 11.1 Å². The number of nitrogens with one attached hydrogen (secondary N) is 1. The Morgan fingerprint density at radius 3 is 2.29 bits per heavy atom. The van der Waals surface area contributed by atoms with E-state index in [1.165, 1.54) is 16.8 Å². The summed E-state index contributed by atoms with van der Waals surface area (Å²) in [5.41, 5.74) is 3.68. The Labute approximate surface area is 101 Å². The Hall–Kier alpha value is -1.80. The summed E-state index contributed by atoms with van der Waals surface area (Å²) in [6.07, 6.45) is 0. The van der Waals surface area contributed by atoms with E-state index in [0.717, 1.165) is 13.2 Å².